The van der Waals surface area contributed by atoms with Gasteiger partial charge in [-0.2, -0.15) is 0 Å². The molecule has 0 radical (unpaired) electrons. The summed E-state index contributed by atoms with van der Waals surface area (Å²) < 4.78 is 5.61. The van der Waals surface area contributed by atoms with Crippen molar-refractivity contribution in [2.45, 2.75) is 118 Å². The lowest BCUT2D eigenvalue weighted by molar-refractivity contribution is -0.148. The molecule has 176 valence electrons. The Morgan fingerprint density at radius 2 is 1.84 bits per heavy atom. The van der Waals surface area contributed by atoms with Crippen LogP contribution >= 0.6 is 0 Å². The molecule has 0 heterocycles. The fourth-order valence-corrected chi connectivity index (χ4v) is 8.99. The molecule has 0 aromatic heterocycles. The van der Waals surface area contributed by atoms with Gasteiger partial charge in [-0.1, -0.05) is 65.5 Å². The molecule has 0 saturated heterocycles. The summed E-state index contributed by atoms with van der Waals surface area (Å²) in [6, 6.07) is 0. The predicted molar refractivity (Wildman–Crippen MR) is 129 cm³/mol. The minimum atomic E-state index is -0.115. The minimum Gasteiger partial charge on any atom is -0.462 e. The maximum Gasteiger partial charge on any atom is 0.302 e. The second-order valence-corrected chi connectivity index (χ2v) is 12.8. The molecule has 2 heteroatoms. The van der Waals surface area contributed by atoms with Crippen molar-refractivity contribution in [3.63, 3.8) is 0 Å². The third kappa shape index (κ3) is 4.26. The summed E-state index contributed by atoms with van der Waals surface area (Å²) >= 11 is 0. The Morgan fingerprint density at radius 3 is 2.55 bits per heavy atom. The van der Waals surface area contributed by atoms with Gasteiger partial charge in [-0.15, -0.1) is 0 Å². The molecule has 0 N–H and O–H groups in total. The normalized spacial score (nSPS) is 42.9. The number of allylic oxidation sites excluding steroid dienone is 1. The van der Waals surface area contributed by atoms with Crippen LogP contribution < -0.4 is 0 Å². The number of fused-ring (bicyclic) bond motifs is 5. The number of hydrogen-bond donors (Lipinski definition) is 0. The third-order valence-electron chi connectivity index (χ3n) is 10.6. The summed E-state index contributed by atoms with van der Waals surface area (Å²) in [6.07, 6.45) is 17.2. The van der Waals surface area contributed by atoms with E-state index in [2.05, 4.69) is 40.7 Å². The van der Waals surface area contributed by atoms with Gasteiger partial charge in [0.1, 0.15) is 6.10 Å². The maximum absolute atomic E-state index is 11.5. The monoisotopic (exact) mass is 428 g/mol. The van der Waals surface area contributed by atoms with Crippen molar-refractivity contribution in [2.24, 2.45) is 46.3 Å². The number of rotatable bonds is 6. The molecular formula is C29H48O2. The van der Waals surface area contributed by atoms with Gasteiger partial charge in [0.15, 0.2) is 0 Å². The second-order valence-electron chi connectivity index (χ2n) is 12.8. The lowest BCUT2D eigenvalue weighted by Gasteiger charge is -2.58. The van der Waals surface area contributed by atoms with Crippen molar-refractivity contribution in [3.8, 4) is 0 Å². The summed E-state index contributed by atoms with van der Waals surface area (Å²) in [6.45, 7) is 14.1. The van der Waals surface area contributed by atoms with E-state index in [1.165, 1.54) is 57.8 Å². The van der Waals surface area contributed by atoms with Gasteiger partial charge in [-0.3, -0.25) is 4.79 Å². The molecule has 31 heavy (non-hydrogen) atoms. The van der Waals surface area contributed by atoms with E-state index in [-0.39, 0.29) is 12.1 Å². The van der Waals surface area contributed by atoms with Crippen LogP contribution in [0.4, 0.5) is 0 Å². The van der Waals surface area contributed by atoms with E-state index in [1.807, 2.05) is 0 Å². The summed E-state index contributed by atoms with van der Waals surface area (Å²) in [7, 11) is 0. The number of esters is 1. The zero-order valence-corrected chi connectivity index (χ0v) is 21.2. The SMILES string of the molecule is CC(=O)O[C@@H]1CC[C@@]2(C)C(=CC[C@@H]3[C@H]2CC[C@@]2(C)[C@H]3CC[C@H]2[C@H](C)CCCC(C)C)C1. The predicted octanol–water partition coefficient (Wildman–Crippen LogP) is 7.96. The lowest BCUT2D eigenvalue weighted by atomic mass is 9.47. The zero-order valence-electron chi connectivity index (χ0n) is 21.2. The van der Waals surface area contributed by atoms with Gasteiger partial charge in [0.25, 0.3) is 0 Å². The molecule has 4 aliphatic carbocycles. The van der Waals surface area contributed by atoms with Crippen molar-refractivity contribution < 1.29 is 9.53 Å². The van der Waals surface area contributed by atoms with E-state index in [4.69, 9.17) is 4.74 Å². The highest BCUT2D eigenvalue weighted by Crippen LogP contribution is 2.67. The molecule has 4 aliphatic rings. The van der Waals surface area contributed by atoms with Crippen molar-refractivity contribution in [2.75, 3.05) is 0 Å². The van der Waals surface area contributed by atoms with Crippen molar-refractivity contribution in [1.29, 1.82) is 0 Å². The lowest BCUT2D eigenvalue weighted by Crippen LogP contribution is -2.51. The Morgan fingerprint density at radius 1 is 1.06 bits per heavy atom. The largest absolute Gasteiger partial charge is 0.462 e. The molecule has 3 fully saturated rings. The quantitative estimate of drug-likeness (QED) is 0.317. The molecule has 0 aliphatic heterocycles. The molecule has 0 amide bonds. The highest BCUT2D eigenvalue weighted by Gasteiger charge is 2.59. The first-order chi connectivity index (χ1) is 14.6. The van der Waals surface area contributed by atoms with E-state index >= 15 is 0 Å². The van der Waals surface area contributed by atoms with Crippen LogP contribution in [0.25, 0.3) is 0 Å². The average molecular weight is 429 g/mol. The molecule has 2 nitrogen and oxygen atoms in total. The summed E-state index contributed by atoms with van der Waals surface area (Å²) in [4.78, 5) is 11.5. The van der Waals surface area contributed by atoms with E-state index in [9.17, 15) is 4.79 Å². The van der Waals surface area contributed by atoms with E-state index < -0.39 is 0 Å². The molecule has 8 atom stereocenters. The van der Waals surface area contributed by atoms with Crippen LogP contribution in [-0.4, -0.2) is 12.1 Å². The number of carbonyl (C=O) groups is 1. The highest BCUT2D eigenvalue weighted by atomic mass is 16.5. The number of ether oxygens (including phenoxy) is 1. The van der Waals surface area contributed by atoms with Gasteiger partial charge < -0.3 is 4.74 Å². The van der Waals surface area contributed by atoms with E-state index in [0.29, 0.717) is 10.8 Å². The van der Waals surface area contributed by atoms with E-state index in [0.717, 1.165) is 48.3 Å². The van der Waals surface area contributed by atoms with Crippen molar-refractivity contribution in [1.82, 2.24) is 0 Å². The topological polar surface area (TPSA) is 26.3 Å². The van der Waals surface area contributed by atoms with Gasteiger partial charge >= 0.3 is 5.97 Å². The van der Waals surface area contributed by atoms with Gasteiger partial charge in [0.2, 0.25) is 0 Å². The van der Waals surface area contributed by atoms with Crippen LogP contribution in [0.3, 0.4) is 0 Å². The Kier molecular flexibility index (Phi) is 6.68. The van der Waals surface area contributed by atoms with Crippen LogP contribution in [0, 0.1) is 46.3 Å². The Balaban J connectivity index is 1.47. The van der Waals surface area contributed by atoms with Crippen LogP contribution in [0.5, 0.6) is 0 Å². The average Bonchev–Trinajstić information content (AvgIpc) is 3.05. The van der Waals surface area contributed by atoms with Crippen LogP contribution in [0.1, 0.15) is 112 Å². The fraction of sp³-hybridized carbons (Fsp3) is 0.897. The van der Waals surface area contributed by atoms with E-state index in [1.54, 1.807) is 12.5 Å². The second kappa shape index (κ2) is 8.86. The highest BCUT2D eigenvalue weighted by molar-refractivity contribution is 5.66. The molecule has 4 rings (SSSR count). The molecule has 3 saturated carbocycles. The van der Waals surface area contributed by atoms with Crippen LogP contribution in [-0.2, 0) is 9.53 Å². The first-order valence-electron chi connectivity index (χ1n) is 13.5. The minimum absolute atomic E-state index is 0.115. The van der Waals surface area contributed by atoms with Gasteiger partial charge in [0.05, 0.1) is 0 Å². The van der Waals surface area contributed by atoms with Gasteiger partial charge in [-0.05, 0) is 91.3 Å². The molecule has 0 bridgehead atoms. The molecule has 0 aromatic carbocycles. The standard InChI is InChI=1S/C29H48O2/c1-19(2)8-7-9-20(3)25-12-13-26-24-11-10-22-18-23(31-21(4)30)14-16-28(22,5)27(24)15-17-29(25,26)6/h10,19-20,23-27H,7-9,11-18H2,1-6H3/t20-,23-,24+,25+,26+,27-,28+,29-/m1/s1. The van der Waals surface area contributed by atoms with Crippen molar-refractivity contribution in [3.05, 3.63) is 11.6 Å². The van der Waals surface area contributed by atoms with Gasteiger partial charge in [-0.25, -0.2) is 0 Å². The molecule has 0 unspecified atom stereocenters. The first-order valence-corrected chi connectivity index (χ1v) is 13.5. The smallest absolute Gasteiger partial charge is 0.302 e. The summed E-state index contributed by atoms with van der Waals surface area (Å²) in [5.41, 5.74) is 2.53. The Hall–Kier alpha value is -0.790. The number of carbonyl (C=O) groups excluding carboxylic acids is 1. The first kappa shape index (κ1) is 23.4. The number of hydrogen-bond acceptors (Lipinski definition) is 2. The molecule has 0 aromatic rings. The van der Waals surface area contributed by atoms with Crippen LogP contribution in [0.15, 0.2) is 11.6 Å². The molecular weight excluding hydrogens is 380 g/mol. The van der Waals surface area contributed by atoms with Crippen LogP contribution in [0.2, 0.25) is 0 Å². The summed E-state index contributed by atoms with van der Waals surface area (Å²) in [5, 5.41) is 0. The zero-order chi connectivity index (χ0) is 22.4. The molecule has 0 spiro atoms. The fourth-order valence-electron chi connectivity index (χ4n) is 8.99. The Labute approximate surface area is 192 Å². The maximum atomic E-state index is 11.5. The summed E-state index contributed by atoms with van der Waals surface area (Å²) in [5.74, 6) is 5.19. The van der Waals surface area contributed by atoms with Crippen molar-refractivity contribution >= 4 is 5.97 Å². The van der Waals surface area contributed by atoms with Gasteiger partial charge in [0, 0.05) is 13.3 Å². The Bertz CT molecular complexity index is 693. The third-order valence-corrected chi connectivity index (χ3v) is 10.6.